The van der Waals surface area contributed by atoms with Gasteiger partial charge in [0.2, 0.25) is 0 Å². The number of carbonyl (C=O) groups is 1. The van der Waals surface area contributed by atoms with Crippen molar-refractivity contribution in [1.82, 2.24) is 9.38 Å². The van der Waals surface area contributed by atoms with Gasteiger partial charge in [0.15, 0.2) is 0 Å². The zero-order chi connectivity index (χ0) is 25.6. The van der Waals surface area contributed by atoms with Crippen LogP contribution in [0, 0.1) is 6.92 Å². The van der Waals surface area contributed by atoms with Crippen molar-refractivity contribution in [3.63, 3.8) is 0 Å². The van der Waals surface area contributed by atoms with Crippen molar-refractivity contribution in [1.29, 1.82) is 0 Å². The SMILES string of the molecule is COC(=O)c1ccc(/C=C/C2=NOC(c3cc(C)cc(C(F)(F)F)c3)(C(F)(F)F)C2)n2cncc12. The second kappa shape index (κ2) is 8.43. The van der Waals surface area contributed by atoms with E-state index in [9.17, 15) is 31.1 Å². The molecule has 12 heteroatoms. The number of imidazole rings is 1. The van der Waals surface area contributed by atoms with Crippen LogP contribution in [-0.2, 0) is 21.4 Å². The molecule has 0 aliphatic carbocycles. The summed E-state index contributed by atoms with van der Waals surface area (Å²) in [5, 5.41) is 3.53. The van der Waals surface area contributed by atoms with Gasteiger partial charge in [-0.15, -0.1) is 0 Å². The number of benzene rings is 1. The first kappa shape index (κ1) is 24.3. The van der Waals surface area contributed by atoms with Crippen molar-refractivity contribution < 1.29 is 40.7 Å². The van der Waals surface area contributed by atoms with Gasteiger partial charge in [0.1, 0.15) is 0 Å². The largest absolute Gasteiger partial charge is 0.465 e. The number of aryl methyl sites for hydroxylation is 1. The third-order valence-electron chi connectivity index (χ3n) is 5.54. The summed E-state index contributed by atoms with van der Waals surface area (Å²) in [4.78, 5) is 20.7. The number of fused-ring (bicyclic) bond motifs is 1. The Bertz CT molecular complexity index is 1360. The average molecular weight is 497 g/mol. The number of esters is 1. The smallest absolute Gasteiger partial charge is 0.435 e. The van der Waals surface area contributed by atoms with E-state index in [1.807, 2.05) is 0 Å². The second-order valence-corrected chi connectivity index (χ2v) is 7.91. The molecule has 0 fully saturated rings. The fourth-order valence-corrected chi connectivity index (χ4v) is 3.83. The lowest BCUT2D eigenvalue weighted by atomic mass is 9.86. The van der Waals surface area contributed by atoms with Gasteiger partial charge in [-0.25, -0.2) is 9.78 Å². The minimum Gasteiger partial charge on any atom is -0.465 e. The lowest BCUT2D eigenvalue weighted by molar-refractivity contribution is -0.276. The molecule has 1 atom stereocenters. The summed E-state index contributed by atoms with van der Waals surface area (Å²) in [5.74, 6) is -0.592. The summed E-state index contributed by atoms with van der Waals surface area (Å²) < 4.78 is 88.5. The molecule has 0 radical (unpaired) electrons. The number of carbonyl (C=O) groups excluding carboxylic acids is 1. The van der Waals surface area contributed by atoms with Crippen molar-refractivity contribution in [2.75, 3.05) is 7.11 Å². The number of pyridine rings is 1. The Morgan fingerprint density at radius 1 is 1.14 bits per heavy atom. The Labute approximate surface area is 194 Å². The number of hydrogen-bond donors (Lipinski definition) is 0. The van der Waals surface area contributed by atoms with Gasteiger partial charge in [-0.3, -0.25) is 4.40 Å². The summed E-state index contributed by atoms with van der Waals surface area (Å²) in [6, 6.07) is 5.20. The number of aromatic nitrogens is 2. The Hall–Kier alpha value is -3.83. The van der Waals surface area contributed by atoms with E-state index in [1.54, 1.807) is 0 Å². The van der Waals surface area contributed by atoms with Gasteiger partial charge in [-0.05, 0) is 43.3 Å². The first-order valence-electron chi connectivity index (χ1n) is 10.1. The highest BCUT2D eigenvalue weighted by molar-refractivity contribution is 6.00. The minimum absolute atomic E-state index is 0.000706. The molecule has 0 bridgehead atoms. The van der Waals surface area contributed by atoms with Crippen LogP contribution in [0.1, 0.15) is 39.2 Å². The van der Waals surface area contributed by atoms with Crippen LogP contribution in [-0.4, -0.2) is 34.4 Å². The summed E-state index contributed by atoms with van der Waals surface area (Å²) in [7, 11) is 1.22. The monoisotopic (exact) mass is 497 g/mol. The first-order chi connectivity index (χ1) is 16.4. The third kappa shape index (κ3) is 4.35. The highest BCUT2D eigenvalue weighted by atomic mass is 19.4. The highest BCUT2D eigenvalue weighted by Gasteiger charge is 2.62. The standard InChI is InChI=1S/C23H17F6N3O3/c1-13-7-14(9-15(8-13)22(24,25)26)21(23(27,28)29)10-16(31-35-21)3-4-17-5-6-18(20(33)34-2)19-11-30-12-32(17)19/h3-9,11-12H,10H2,1-2H3/b4-3+. The number of alkyl halides is 6. The van der Waals surface area contributed by atoms with Crippen LogP contribution in [0.15, 0.2) is 54.1 Å². The molecular formula is C23H17F6N3O3. The number of nitrogens with zero attached hydrogens (tertiary/aromatic N) is 3. The van der Waals surface area contributed by atoms with Gasteiger partial charge in [-0.2, -0.15) is 26.3 Å². The van der Waals surface area contributed by atoms with Crippen molar-refractivity contribution in [2.24, 2.45) is 5.16 Å². The van der Waals surface area contributed by atoms with Crippen LogP contribution in [0.4, 0.5) is 26.3 Å². The van der Waals surface area contributed by atoms with E-state index in [-0.39, 0.29) is 16.8 Å². The number of methoxy groups -OCH3 is 1. The Balaban J connectivity index is 1.68. The normalized spacial score (nSPS) is 18.7. The number of oxime groups is 1. The fourth-order valence-electron chi connectivity index (χ4n) is 3.83. The van der Waals surface area contributed by atoms with Crippen molar-refractivity contribution in [3.05, 3.63) is 76.9 Å². The molecule has 0 spiro atoms. The molecule has 3 aromatic rings. The molecule has 184 valence electrons. The number of halogens is 6. The van der Waals surface area contributed by atoms with Crippen molar-refractivity contribution >= 4 is 23.3 Å². The van der Waals surface area contributed by atoms with Crippen LogP contribution < -0.4 is 0 Å². The topological polar surface area (TPSA) is 65.2 Å². The molecular weight excluding hydrogens is 480 g/mol. The molecule has 0 N–H and O–H groups in total. The highest BCUT2D eigenvalue weighted by Crippen LogP contribution is 2.49. The molecule has 0 saturated heterocycles. The molecule has 1 aromatic carbocycles. The maximum atomic E-state index is 14.2. The molecule has 2 aromatic heterocycles. The lowest BCUT2D eigenvalue weighted by Crippen LogP contribution is -2.42. The van der Waals surface area contributed by atoms with Gasteiger partial charge in [-0.1, -0.05) is 16.8 Å². The molecule has 1 aliphatic rings. The summed E-state index contributed by atoms with van der Waals surface area (Å²) in [6.45, 7) is 1.27. The molecule has 1 aliphatic heterocycles. The van der Waals surface area contributed by atoms with E-state index in [4.69, 9.17) is 9.57 Å². The van der Waals surface area contributed by atoms with E-state index in [0.29, 0.717) is 17.3 Å². The fraction of sp³-hybridized carbons (Fsp3) is 0.261. The number of rotatable bonds is 4. The quantitative estimate of drug-likeness (QED) is 0.343. The molecule has 0 saturated carbocycles. The Kier molecular flexibility index (Phi) is 5.86. The van der Waals surface area contributed by atoms with E-state index < -0.39 is 41.5 Å². The molecule has 4 rings (SSSR count). The van der Waals surface area contributed by atoms with Crippen LogP contribution in [0.5, 0.6) is 0 Å². The zero-order valence-electron chi connectivity index (χ0n) is 18.2. The van der Waals surface area contributed by atoms with Crippen LogP contribution in [0.3, 0.4) is 0 Å². The summed E-state index contributed by atoms with van der Waals surface area (Å²) in [6.07, 6.45) is -5.20. The van der Waals surface area contributed by atoms with E-state index >= 15 is 0 Å². The first-order valence-corrected chi connectivity index (χ1v) is 10.1. The number of ether oxygens (including phenoxy) is 1. The van der Waals surface area contributed by atoms with Gasteiger partial charge < -0.3 is 9.57 Å². The van der Waals surface area contributed by atoms with Gasteiger partial charge >= 0.3 is 18.3 Å². The Morgan fingerprint density at radius 2 is 1.89 bits per heavy atom. The number of allylic oxidation sites excluding steroid dienone is 1. The van der Waals surface area contributed by atoms with E-state index in [1.165, 1.54) is 55.2 Å². The average Bonchev–Trinajstić information content (AvgIpc) is 3.44. The van der Waals surface area contributed by atoms with Gasteiger partial charge in [0.25, 0.3) is 5.60 Å². The second-order valence-electron chi connectivity index (χ2n) is 7.91. The van der Waals surface area contributed by atoms with Gasteiger partial charge in [0, 0.05) is 17.7 Å². The molecule has 6 nitrogen and oxygen atoms in total. The Morgan fingerprint density at radius 3 is 2.54 bits per heavy atom. The summed E-state index contributed by atoms with van der Waals surface area (Å²) >= 11 is 0. The zero-order valence-corrected chi connectivity index (χ0v) is 18.2. The van der Waals surface area contributed by atoms with Crippen LogP contribution in [0.2, 0.25) is 0 Å². The number of hydrogen-bond acceptors (Lipinski definition) is 5. The van der Waals surface area contributed by atoms with Gasteiger partial charge in [0.05, 0.1) is 42.0 Å². The molecule has 1 unspecified atom stereocenters. The maximum absolute atomic E-state index is 14.2. The maximum Gasteiger partial charge on any atom is 0.435 e. The van der Waals surface area contributed by atoms with Crippen LogP contribution in [0.25, 0.3) is 11.6 Å². The van der Waals surface area contributed by atoms with Crippen molar-refractivity contribution in [2.45, 2.75) is 31.3 Å². The molecule has 0 amide bonds. The predicted molar refractivity (Wildman–Crippen MR) is 113 cm³/mol. The van der Waals surface area contributed by atoms with E-state index in [2.05, 4.69) is 10.1 Å². The van der Waals surface area contributed by atoms with E-state index in [0.717, 1.165) is 12.1 Å². The lowest BCUT2D eigenvalue weighted by Gasteiger charge is -2.30. The summed E-state index contributed by atoms with van der Waals surface area (Å²) in [5.41, 5.74) is -4.01. The minimum atomic E-state index is -5.05. The molecule has 3 heterocycles. The predicted octanol–water partition coefficient (Wildman–Crippen LogP) is 5.70. The van der Waals surface area contributed by atoms with Crippen molar-refractivity contribution in [3.8, 4) is 0 Å². The third-order valence-corrected chi connectivity index (χ3v) is 5.54. The molecule has 35 heavy (non-hydrogen) atoms. The van der Waals surface area contributed by atoms with Crippen LogP contribution >= 0.6 is 0 Å².